The molecule has 0 aromatic heterocycles. The molecule has 4 heteroatoms. The molecular formula is C17H28N2O2. The van der Waals surface area contributed by atoms with E-state index in [0.717, 1.165) is 18.4 Å². The average molecular weight is 292 g/mol. The number of ether oxygens (including phenoxy) is 1. The minimum Gasteiger partial charge on any atom is -0.481 e. The third kappa shape index (κ3) is 6.17. The zero-order chi connectivity index (χ0) is 15.8. The molecule has 21 heavy (non-hydrogen) atoms. The Balaban J connectivity index is 2.46. The normalized spacial score (nSPS) is 13.8. The van der Waals surface area contributed by atoms with Crippen molar-refractivity contribution in [2.75, 3.05) is 6.54 Å². The fourth-order valence-corrected chi connectivity index (χ4v) is 1.91. The molecule has 0 aliphatic rings. The molecule has 4 nitrogen and oxygen atoms in total. The smallest absolute Gasteiger partial charge is 0.260 e. The van der Waals surface area contributed by atoms with Crippen molar-refractivity contribution in [3.05, 3.63) is 29.8 Å². The Morgan fingerprint density at radius 1 is 1.24 bits per heavy atom. The Labute approximate surface area is 128 Å². The monoisotopic (exact) mass is 292 g/mol. The van der Waals surface area contributed by atoms with Crippen LogP contribution in [0.3, 0.4) is 0 Å². The summed E-state index contributed by atoms with van der Waals surface area (Å²) in [5, 5.41) is 2.89. The van der Waals surface area contributed by atoms with Crippen molar-refractivity contribution in [2.45, 2.75) is 52.7 Å². The highest BCUT2D eigenvalue weighted by molar-refractivity contribution is 5.80. The molecule has 0 spiro atoms. The van der Waals surface area contributed by atoms with Crippen LogP contribution < -0.4 is 15.8 Å². The molecule has 1 aromatic carbocycles. The van der Waals surface area contributed by atoms with Crippen molar-refractivity contribution in [1.29, 1.82) is 0 Å². The van der Waals surface area contributed by atoms with E-state index < -0.39 is 6.10 Å². The largest absolute Gasteiger partial charge is 0.481 e. The molecule has 118 valence electrons. The number of carbonyl (C=O) groups excluding carboxylic acids is 1. The Kier molecular flexibility index (Phi) is 7.23. The van der Waals surface area contributed by atoms with Gasteiger partial charge in [-0.05, 0) is 43.4 Å². The minimum atomic E-state index is -0.497. The van der Waals surface area contributed by atoms with Gasteiger partial charge in [0.25, 0.3) is 5.91 Å². The Hall–Kier alpha value is -1.55. The molecule has 0 saturated carbocycles. The second kappa shape index (κ2) is 8.67. The number of nitrogens with two attached hydrogens (primary N) is 1. The summed E-state index contributed by atoms with van der Waals surface area (Å²) in [7, 11) is 0. The Morgan fingerprint density at radius 3 is 2.38 bits per heavy atom. The molecule has 1 unspecified atom stereocenters. The van der Waals surface area contributed by atoms with Crippen LogP contribution in [0.2, 0.25) is 0 Å². The van der Waals surface area contributed by atoms with Crippen LogP contribution in [-0.2, 0) is 4.79 Å². The van der Waals surface area contributed by atoms with E-state index in [-0.39, 0.29) is 11.9 Å². The van der Waals surface area contributed by atoms with Gasteiger partial charge < -0.3 is 15.8 Å². The first-order valence-electron chi connectivity index (χ1n) is 7.74. The number of hydrogen-bond acceptors (Lipinski definition) is 3. The van der Waals surface area contributed by atoms with Crippen molar-refractivity contribution in [3.8, 4) is 5.75 Å². The second-order valence-electron chi connectivity index (χ2n) is 5.82. The van der Waals surface area contributed by atoms with E-state index in [0.29, 0.717) is 18.2 Å². The van der Waals surface area contributed by atoms with Gasteiger partial charge in [-0.1, -0.05) is 32.9 Å². The van der Waals surface area contributed by atoms with Crippen LogP contribution in [0.25, 0.3) is 0 Å². The molecule has 0 saturated heterocycles. The second-order valence-corrected chi connectivity index (χ2v) is 5.82. The number of hydrogen-bond donors (Lipinski definition) is 2. The van der Waals surface area contributed by atoms with Gasteiger partial charge in [0.05, 0.1) is 0 Å². The maximum absolute atomic E-state index is 11.9. The molecule has 0 bridgehead atoms. The first-order valence-corrected chi connectivity index (χ1v) is 7.74. The van der Waals surface area contributed by atoms with Crippen LogP contribution in [0, 0.1) is 5.92 Å². The van der Waals surface area contributed by atoms with Crippen molar-refractivity contribution < 1.29 is 9.53 Å². The number of nitrogens with one attached hydrogen (secondary N) is 1. The van der Waals surface area contributed by atoms with Gasteiger partial charge in [0.15, 0.2) is 6.10 Å². The molecule has 2 atom stereocenters. The Morgan fingerprint density at radius 2 is 1.86 bits per heavy atom. The summed E-state index contributed by atoms with van der Waals surface area (Å²) in [6, 6.07) is 7.68. The van der Waals surface area contributed by atoms with E-state index in [4.69, 9.17) is 10.5 Å². The maximum atomic E-state index is 11.9. The van der Waals surface area contributed by atoms with Crippen molar-refractivity contribution in [1.82, 2.24) is 5.32 Å². The lowest BCUT2D eigenvalue weighted by atomic mass is 10.1. The Bertz CT molecular complexity index is 429. The summed E-state index contributed by atoms with van der Waals surface area (Å²) in [5.41, 5.74) is 7.05. The van der Waals surface area contributed by atoms with Crippen LogP contribution in [0.5, 0.6) is 5.75 Å². The van der Waals surface area contributed by atoms with Crippen LogP contribution in [0.15, 0.2) is 24.3 Å². The molecule has 3 N–H and O–H groups in total. The zero-order valence-electron chi connectivity index (χ0n) is 13.6. The summed E-state index contributed by atoms with van der Waals surface area (Å²) in [6.07, 6.45) is 1.37. The minimum absolute atomic E-state index is 0.0517. The molecule has 0 radical (unpaired) electrons. The third-order valence-electron chi connectivity index (χ3n) is 3.45. The van der Waals surface area contributed by atoms with E-state index >= 15 is 0 Å². The van der Waals surface area contributed by atoms with Crippen LogP contribution in [0.4, 0.5) is 0 Å². The van der Waals surface area contributed by atoms with Gasteiger partial charge in [0, 0.05) is 12.6 Å². The lowest BCUT2D eigenvalue weighted by Gasteiger charge is -2.16. The van der Waals surface area contributed by atoms with E-state index in [1.54, 1.807) is 6.92 Å². The number of rotatable bonds is 8. The average Bonchev–Trinajstić information content (AvgIpc) is 2.46. The SMILES string of the molecule is CC[C@H](N)c1ccc(OC(C)C(=O)NCCC(C)C)cc1. The molecule has 1 rings (SSSR count). The summed E-state index contributed by atoms with van der Waals surface area (Å²) in [4.78, 5) is 11.9. The van der Waals surface area contributed by atoms with Gasteiger partial charge in [0.2, 0.25) is 0 Å². The number of amides is 1. The first-order chi connectivity index (χ1) is 9.93. The van der Waals surface area contributed by atoms with Gasteiger partial charge in [-0.2, -0.15) is 0 Å². The molecule has 1 aromatic rings. The van der Waals surface area contributed by atoms with Crippen molar-refractivity contribution in [2.24, 2.45) is 11.7 Å². The lowest BCUT2D eigenvalue weighted by Crippen LogP contribution is -2.37. The summed E-state index contributed by atoms with van der Waals surface area (Å²) >= 11 is 0. The van der Waals surface area contributed by atoms with Gasteiger partial charge >= 0.3 is 0 Å². The van der Waals surface area contributed by atoms with Gasteiger partial charge in [-0.25, -0.2) is 0 Å². The van der Waals surface area contributed by atoms with E-state index in [1.165, 1.54) is 0 Å². The summed E-state index contributed by atoms with van der Waals surface area (Å²) < 4.78 is 5.65. The van der Waals surface area contributed by atoms with Gasteiger partial charge in [-0.3, -0.25) is 4.79 Å². The first kappa shape index (κ1) is 17.5. The third-order valence-corrected chi connectivity index (χ3v) is 3.45. The molecule has 1 amide bonds. The predicted octanol–water partition coefficient (Wildman–Crippen LogP) is 3.03. The van der Waals surface area contributed by atoms with Crippen LogP contribution in [-0.4, -0.2) is 18.6 Å². The van der Waals surface area contributed by atoms with E-state index in [2.05, 4.69) is 26.1 Å². The molecule has 0 aliphatic heterocycles. The summed E-state index contributed by atoms with van der Waals surface area (Å²) in [6.45, 7) is 8.77. The fraction of sp³-hybridized carbons (Fsp3) is 0.588. The maximum Gasteiger partial charge on any atom is 0.260 e. The lowest BCUT2D eigenvalue weighted by molar-refractivity contribution is -0.127. The summed E-state index contributed by atoms with van der Waals surface area (Å²) in [5.74, 6) is 1.19. The highest BCUT2D eigenvalue weighted by atomic mass is 16.5. The molecular weight excluding hydrogens is 264 g/mol. The topological polar surface area (TPSA) is 64.3 Å². The molecule has 0 fully saturated rings. The van der Waals surface area contributed by atoms with E-state index in [9.17, 15) is 4.79 Å². The zero-order valence-corrected chi connectivity index (χ0v) is 13.6. The highest BCUT2D eigenvalue weighted by Gasteiger charge is 2.14. The fourth-order valence-electron chi connectivity index (χ4n) is 1.91. The number of carbonyl (C=O) groups is 1. The predicted molar refractivity (Wildman–Crippen MR) is 86.2 cm³/mol. The van der Waals surface area contributed by atoms with Gasteiger partial charge in [0.1, 0.15) is 5.75 Å². The van der Waals surface area contributed by atoms with Crippen LogP contribution in [0.1, 0.15) is 52.1 Å². The number of benzene rings is 1. The highest BCUT2D eigenvalue weighted by Crippen LogP contribution is 2.19. The van der Waals surface area contributed by atoms with Crippen molar-refractivity contribution in [3.63, 3.8) is 0 Å². The molecule has 0 heterocycles. The van der Waals surface area contributed by atoms with Crippen molar-refractivity contribution >= 4 is 5.91 Å². The standard InChI is InChI=1S/C17H28N2O2/c1-5-16(18)14-6-8-15(9-7-14)21-13(4)17(20)19-11-10-12(2)3/h6-9,12-13,16H,5,10-11,18H2,1-4H3,(H,19,20)/t13?,16-/m0/s1. The molecule has 0 aliphatic carbocycles. The van der Waals surface area contributed by atoms with Crippen LogP contribution >= 0.6 is 0 Å². The quantitative estimate of drug-likeness (QED) is 0.774. The van der Waals surface area contributed by atoms with E-state index in [1.807, 2.05) is 24.3 Å². The van der Waals surface area contributed by atoms with Gasteiger partial charge in [-0.15, -0.1) is 0 Å².